The maximum absolute atomic E-state index is 6.16. The molecule has 0 fully saturated rings. The van der Waals surface area contributed by atoms with Gasteiger partial charge < -0.3 is 20.1 Å². The van der Waals surface area contributed by atoms with Crippen molar-refractivity contribution in [3.05, 3.63) is 53.6 Å². The molecule has 0 aliphatic carbocycles. The van der Waals surface area contributed by atoms with Crippen LogP contribution in [0.4, 0.5) is 5.69 Å². The van der Waals surface area contributed by atoms with E-state index in [1.165, 1.54) is 5.56 Å². The Labute approximate surface area is 167 Å². The third-order valence-corrected chi connectivity index (χ3v) is 4.62. The van der Waals surface area contributed by atoms with E-state index in [9.17, 15) is 0 Å². The van der Waals surface area contributed by atoms with Gasteiger partial charge in [0.25, 0.3) is 0 Å². The van der Waals surface area contributed by atoms with Crippen molar-refractivity contribution in [1.82, 2.24) is 5.32 Å². The van der Waals surface area contributed by atoms with E-state index in [2.05, 4.69) is 49.6 Å². The number of rotatable bonds is 4. The van der Waals surface area contributed by atoms with Gasteiger partial charge in [0.2, 0.25) is 0 Å². The minimum Gasteiger partial charge on any atom is -0.491 e. The lowest BCUT2D eigenvalue weighted by Gasteiger charge is -2.38. The lowest BCUT2D eigenvalue weighted by atomic mass is 9.89. The highest BCUT2D eigenvalue weighted by Gasteiger charge is 2.34. The van der Waals surface area contributed by atoms with Crippen LogP contribution in [0.25, 0.3) is 0 Å². The van der Waals surface area contributed by atoms with Crippen LogP contribution in [0.1, 0.15) is 51.3 Å². The summed E-state index contributed by atoms with van der Waals surface area (Å²) in [6, 6.07) is 14.3. The zero-order valence-electron chi connectivity index (χ0n) is 16.6. The molecule has 0 saturated carbocycles. The third kappa shape index (κ3) is 5.13. The van der Waals surface area contributed by atoms with Gasteiger partial charge in [-0.3, -0.25) is 0 Å². The van der Waals surface area contributed by atoms with E-state index >= 15 is 0 Å². The number of anilines is 1. The second-order valence-corrected chi connectivity index (χ2v) is 8.36. The molecule has 1 atom stereocenters. The summed E-state index contributed by atoms with van der Waals surface area (Å²) in [7, 11) is 0. The Bertz CT molecular complexity index is 833. The summed E-state index contributed by atoms with van der Waals surface area (Å²) in [5.74, 6) is 1.75. The predicted octanol–water partition coefficient (Wildman–Crippen LogP) is 5.37. The fourth-order valence-corrected chi connectivity index (χ4v) is 3.59. The third-order valence-electron chi connectivity index (χ3n) is 4.40. The summed E-state index contributed by atoms with van der Waals surface area (Å²) < 4.78 is 11.9. The van der Waals surface area contributed by atoms with E-state index in [-0.39, 0.29) is 17.7 Å². The zero-order chi connectivity index (χ0) is 19.6. The van der Waals surface area contributed by atoms with Gasteiger partial charge in [0.05, 0.1) is 12.1 Å². The monoisotopic (exact) mass is 384 g/mol. The Hall–Kier alpha value is -2.27. The highest BCUT2D eigenvalue weighted by molar-refractivity contribution is 7.80. The van der Waals surface area contributed by atoms with Crippen LogP contribution in [0.5, 0.6) is 11.5 Å². The van der Waals surface area contributed by atoms with Gasteiger partial charge in [0.1, 0.15) is 17.1 Å². The predicted molar refractivity (Wildman–Crippen MR) is 115 cm³/mol. The van der Waals surface area contributed by atoms with Crippen molar-refractivity contribution >= 4 is 23.0 Å². The Kier molecular flexibility index (Phi) is 5.61. The van der Waals surface area contributed by atoms with Gasteiger partial charge >= 0.3 is 0 Å². The lowest BCUT2D eigenvalue weighted by Crippen LogP contribution is -2.42. The number of fused-ring (bicyclic) bond motifs is 1. The van der Waals surface area contributed by atoms with Gasteiger partial charge in [0.15, 0.2) is 5.11 Å². The molecule has 0 aromatic heterocycles. The number of ether oxygens (including phenoxy) is 2. The summed E-state index contributed by atoms with van der Waals surface area (Å²) in [6.07, 6.45) is 0.969. The maximum Gasteiger partial charge on any atom is 0.171 e. The summed E-state index contributed by atoms with van der Waals surface area (Å²) in [4.78, 5) is 0. The normalized spacial score (nSPS) is 17.6. The summed E-state index contributed by atoms with van der Waals surface area (Å²) in [5.41, 5.74) is 2.98. The molecule has 2 aromatic rings. The van der Waals surface area contributed by atoms with E-state index in [0.29, 0.717) is 5.11 Å². The van der Waals surface area contributed by atoms with Gasteiger partial charge in [-0.25, -0.2) is 0 Å². The highest BCUT2D eigenvalue weighted by atomic mass is 32.1. The minimum atomic E-state index is -0.251. The van der Waals surface area contributed by atoms with Crippen molar-refractivity contribution in [3.63, 3.8) is 0 Å². The van der Waals surface area contributed by atoms with Crippen LogP contribution in [0.2, 0.25) is 0 Å². The topological polar surface area (TPSA) is 42.5 Å². The zero-order valence-corrected chi connectivity index (χ0v) is 17.4. The number of benzene rings is 2. The molecule has 4 nitrogen and oxygen atoms in total. The highest BCUT2D eigenvalue weighted by Crippen LogP contribution is 2.39. The van der Waals surface area contributed by atoms with E-state index in [1.807, 2.05) is 38.1 Å². The van der Waals surface area contributed by atoms with Crippen LogP contribution in [-0.4, -0.2) is 16.8 Å². The second-order valence-electron chi connectivity index (χ2n) is 7.95. The van der Waals surface area contributed by atoms with Gasteiger partial charge in [-0.15, -0.1) is 0 Å². The molecule has 3 rings (SSSR count). The first-order valence-electron chi connectivity index (χ1n) is 9.36. The largest absolute Gasteiger partial charge is 0.491 e. The van der Waals surface area contributed by atoms with E-state index < -0.39 is 0 Å². The number of nitrogens with one attached hydrogen (secondary N) is 2. The lowest BCUT2D eigenvalue weighted by molar-refractivity contribution is 0.0696. The summed E-state index contributed by atoms with van der Waals surface area (Å²) in [6.45, 7) is 10.3. The average Bonchev–Trinajstić information content (AvgIpc) is 2.52. The Morgan fingerprint density at radius 2 is 2.00 bits per heavy atom. The molecule has 5 heteroatoms. The van der Waals surface area contributed by atoms with Crippen LogP contribution < -0.4 is 20.1 Å². The van der Waals surface area contributed by atoms with Crippen molar-refractivity contribution in [1.29, 1.82) is 0 Å². The van der Waals surface area contributed by atoms with Crippen LogP contribution in [0, 0.1) is 6.92 Å². The molecule has 0 bridgehead atoms. The molecular formula is C22H28N2O2S. The molecule has 1 aliphatic heterocycles. The van der Waals surface area contributed by atoms with Crippen LogP contribution in [-0.2, 0) is 0 Å². The fourth-order valence-electron chi connectivity index (χ4n) is 3.33. The van der Waals surface area contributed by atoms with Crippen molar-refractivity contribution in [3.8, 4) is 11.5 Å². The molecule has 2 N–H and O–H groups in total. The van der Waals surface area contributed by atoms with Gasteiger partial charge in [-0.2, -0.15) is 0 Å². The summed E-state index contributed by atoms with van der Waals surface area (Å²) >= 11 is 5.57. The first kappa shape index (κ1) is 19.5. The molecule has 0 spiro atoms. The maximum atomic E-state index is 6.16. The molecule has 1 aliphatic rings. The van der Waals surface area contributed by atoms with Crippen molar-refractivity contribution < 1.29 is 9.47 Å². The molecule has 0 amide bonds. The Balaban J connectivity index is 1.73. The van der Waals surface area contributed by atoms with E-state index in [1.54, 1.807) is 0 Å². The Morgan fingerprint density at radius 3 is 2.74 bits per heavy atom. The SMILES string of the molecule is Cc1ccc2c(c1)OC(C)(C)C[C@H]2NC(=S)Nc1cccc(OC(C)C)c1. The molecule has 27 heavy (non-hydrogen) atoms. The summed E-state index contributed by atoms with van der Waals surface area (Å²) in [5, 5.41) is 7.32. The van der Waals surface area contributed by atoms with Crippen molar-refractivity contribution in [2.45, 2.75) is 58.8 Å². The van der Waals surface area contributed by atoms with Crippen molar-refractivity contribution in [2.24, 2.45) is 0 Å². The molecule has 144 valence electrons. The number of hydrogen-bond donors (Lipinski definition) is 2. The standard InChI is InChI=1S/C22H28N2O2S/c1-14(2)25-17-8-6-7-16(12-17)23-21(27)24-19-13-22(4,5)26-20-11-15(3)9-10-18(19)20/h6-12,14,19H,13H2,1-5H3,(H2,23,24,27)/t19-/m1/s1. The van der Waals surface area contributed by atoms with Gasteiger partial charge in [0, 0.05) is 23.7 Å². The fraction of sp³-hybridized carbons (Fsp3) is 0.409. The number of aryl methyl sites for hydroxylation is 1. The van der Waals surface area contributed by atoms with Crippen LogP contribution in [0.15, 0.2) is 42.5 Å². The van der Waals surface area contributed by atoms with Crippen LogP contribution >= 0.6 is 12.2 Å². The Morgan fingerprint density at radius 1 is 1.22 bits per heavy atom. The molecule has 0 radical (unpaired) electrons. The van der Waals surface area contributed by atoms with Crippen LogP contribution in [0.3, 0.4) is 0 Å². The van der Waals surface area contributed by atoms with E-state index in [0.717, 1.165) is 29.2 Å². The molecule has 2 aromatic carbocycles. The second kappa shape index (κ2) is 7.77. The van der Waals surface area contributed by atoms with Crippen molar-refractivity contribution in [2.75, 3.05) is 5.32 Å². The smallest absolute Gasteiger partial charge is 0.171 e. The molecule has 0 unspecified atom stereocenters. The molecular weight excluding hydrogens is 356 g/mol. The number of hydrogen-bond acceptors (Lipinski definition) is 3. The first-order chi connectivity index (χ1) is 12.7. The molecule has 1 heterocycles. The molecule has 0 saturated heterocycles. The first-order valence-corrected chi connectivity index (χ1v) is 9.76. The van der Waals surface area contributed by atoms with Gasteiger partial charge in [-0.05, 0) is 70.6 Å². The van der Waals surface area contributed by atoms with Gasteiger partial charge in [-0.1, -0.05) is 18.2 Å². The quantitative estimate of drug-likeness (QED) is 0.694. The average molecular weight is 385 g/mol. The number of thiocarbonyl (C=S) groups is 1. The minimum absolute atomic E-state index is 0.0967. The van der Waals surface area contributed by atoms with E-state index in [4.69, 9.17) is 21.7 Å².